The number of carbonyl (C=O) groups excluding carboxylic acids is 1. The summed E-state index contributed by atoms with van der Waals surface area (Å²) in [7, 11) is 0. The van der Waals surface area contributed by atoms with Gasteiger partial charge in [-0.15, -0.1) is 0 Å². The van der Waals surface area contributed by atoms with Crippen LogP contribution in [-0.2, 0) is 4.79 Å². The first kappa shape index (κ1) is 10.6. The Bertz CT molecular complexity index is 524. The molecule has 1 amide bonds. The number of carbonyl (C=O) groups is 1. The van der Waals surface area contributed by atoms with Crippen LogP contribution in [0.5, 0.6) is 0 Å². The van der Waals surface area contributed by atoms with Crippen LogP contribution in [0.4, 0.5) is 5.69 Å². The van der Waals surface area contributed by atoms with Crippen molar-refractivity contribution < 1.29 is 4.79 Å². The largest absolute Gasteiger partial charge is 0.322 e. The Kier molecular flexibility index (Phi) is 2.85. The van der Waals surface area contributed by atoms with Crippen LogP contribution >= 0.6 is 0 Å². The Morgan fingerprint density at radius 2 is 1.81 bits per heavy atom. The number of rotatable bonds is 2. The number of hydrogen-bond donors (Lipinski definition) is 2. The van der Waals surface area contributed by atoms with Crippen molar-refractivity contribution in [2.75, 3.05) is 11.6 Å². The SMILES string of the molecule is NCC(=O)N(N)c1ccc2ccccc2c1. The van der Waals surface area contributed by atoms with Gasteiger partial charge < -0.3 is 5.73 Å². The maximum atomic E-state index is 11.3. The molecule has 0 atom stereocenters. The number of fused-ring (bicyclic) bond motifs is 1. The lowest BCUT2D eigenvalue weighted by molar-refractivity contribution is -0.117. The fraction of sp³-hybridized carbons (Fsp3) is 0.0833. The number of nitrogens with zero attached hydrogens (tertiary/aromatic N) is 1. The number of anilines is 1. The van der Waals surface area contributed by atoms with Gasteiger partial charge in [0.25, 0.3) is 5.91 Å². The third-order valence-electron chi connectivity index (χ3n) is 2.45. The van der Waals surface area contributed by atoms with Gasteiger partial charge in [-0.1, -0.05) is 30.3 Å². The van der Waals surface area contributed by atoms with E-state index in [4.69, 9.17) is 11.6 Å². The van der Waals surface area contributed by atoms with Crippen LogP contribution in [0.1, 0.15) is 0 Å². The molecule has 0 aromatic heterocycles. The predicted molar refractivity (Wildman–Crippen MR) is 64.7 cm³/mol. The van der Waals surface area contributed by atoms with Gasteiger partial charge in [0.15, 0.2) is 0 Å². The number of amides is 1. The molecule has 0 aliphatic rings. The number of hydrazine groups is 1. The fourth-order valence-electron chi connectivity index (χ4n) is 1.57. The lowest BCUT2D eigenvalue weighted by Crippen LogP contribution is -2.41. The molecule has 2 aromatic rings. The van der Waals surface area contributed by atoms with E-state index in [1.165, 1.54) is 0 Å². The van der Waals surface area contributed by atoms with Gasteiger partial charge in [0, 0.05) is 0 Å². The zero-order valence-corrected chi connectivity index (χ0v) is 8.76. The van der Waals surface area contributed by atoms with E-state index in [1.807, 2.05) is 36.4 Å². The van der Waals surface area contributed by atoms with Crippen molar-refractivity contribution >= 4 is 22.4 Å². The van der Waals surface area contributed by atoms with Crippen LogP contribution < -0.4 is 16.6 Å². The Balaban J connectivity index is 2.43. The van der Waals surface area contributed by atoms with Crippen molar-refractivity contribution in [1.82, 2.24) is 0 Å². The number of nitrogens with two attached hydrogens (primary N) is 2. The van der Waals surface area contributed by atoms with Gasteiger partial charge in [0.05, 0.1) is 12.2 Å². The second-order valence-electron chi connectivity index (χ2n) is 3.50. The Morgan fingerprint density at radius 3 is 2.50 bits per heavy atom. The molecule has 0 unspecified atom stereocenters. The molecule has 16 heavy (non-hydrogen) atoms. The Labute approximate surface area is 93.4 Å². The van der Waals surface area contributed by atoms with E-state index in [0.717, 1.165) is 15.8 Å². The van der Waals surface area contributed by atoms with Gasteiger partial charge >= 0.3 is 0 Å². The minimum Gasteiger partial charge on any atom is -0.322 e. The summed E-state index contributed by atoms with van der Waals surface area (Å²) in [6, 6.07) is 13.5. The zero-order valence-electron chi connectivity index (χ0n) is 8.76. The summed E-state index contributed by atoms with van der Waals surface area (Å²) < 4.78 is 0. The molecule has 82 valence electrons. The van der Waals surface area contributed by atoms with Crippen LogP contribution in [-0.4, -0.2) is 12.5 Å². The van der Waals surface area contributed by atoms with Crippen molar-refractivity contribution in [3.63, 3.8) is 0 Å². The van der Waals surface area contributed by atoms with Gasteiger partial charge in [-0.3, -0.25) is 4.79 Å². The molecule has 0 spiro atoms. The quantitative estimate of drug-likeness (QED) is 0.446. The van der Waals surface area contributed by atoms with Crippen molar-refractivity contribution in [3.05, 3.63) is 42.5 Å². The smallest absolute Gasteiger partial charge is 0.254 e. The maximum Gasteiger partial charge on any atom is 0.254 e. The summed E-state index contributed by atoms with van der Waals surface area (Å²) in [5.74, 6) is 5.33. The van der Waals surface area contributed by atoms with E-state index in [-0.39, 0.29) is 12.5 Å². The van der Waals surface area contributed by atoms with E-state index < -0.39 is 0 Å². The third-order valence-corrected chi connectivity index (χ3v) is 2.45. The molecule has 4 N–H and O–H groups in total. The normalized spacial score (nSPS) is 10.4. The summed E-state index contributed by atoms with van der Waals surface area (Å²) >= 11 is 0. The molecule has 2 rings (SSSR count). The number of hydrogen-bond acceptors (Lipinski definition) is 3. The first-order chi connectivity index (χ1) is 7.72. The molecule has 0 saturated carbocycles. The molecule has 0 aliphatic heterocycles. The molecule has 2 aromatic carbocycles. The molecule has 0 fully saturated rings. The molecular weight excluding hydrogens is 202 g/mol. The second-order valence-corrected chi connectivity index (χ2v) is 3.50. The molecule has 0 bridgehead atoms. The molecule has 4 heteroatoms. The van der Waals surface area contributed by atoms with Crippen LogP contribution in [0, 0.1) is 0 Å². The van der Waals surface area contributed by atoms with E-state index in [2.05, 4.69) is 0 Å². The zero-order chi connectivity index (χ0) is 11.5. The highest BCUT2D eigenvalue weighted by atomic mass is 16.2. The summed E-state index contributed by atoms with van der Waals surface area (Å²) in [6.07, 6.45) is 0. The van der Waals surface area contributed by atoms with Crippen molar-refractivity contribution in [2.45, 2.75) is 0 Å². The molecule has 0 saturated heterocycles. The van der Waals surface area contributed by atoms with E-state index in [9.17, 15) is 4.79 Å². The van der Waals surface area contributed by atoms with E-state index in [1.54, 1.807) is 6.07 Å². The Hall–Kier alpha value is -1.91. The molecule has 4 nitrogen and oxygen atoms in total. The molecule has 0 aliphatic carbocycles. The first-order valence-electron chi connectivity index (χ1n) is 4.99. The van der Waals surface area contributed by atoms with Gasteiger partial charge in [-0.05, 0) is 22.9 Å². The maximum absolute atomic E-state index is 11.3. The highest BCUT2D eigenvalue weighted by Crippen LogP contribution is 2.20. The third kappa shape index (κ3) is 1.88. The first-order valence-corrected chi connectivity index (χ1v) is 4.99. The topological polar surface area (TPSA) is 72.4 Å². The summed E-state index contributed by atoms with van der Waals surface area (Å²) in [6.45, 7) is -0.0939. The van der Waals surface area contributed by atoms with Gasteiger partial charge in [-0.2, -0.15) is 0 Å². The van der Waals surface area contributed by atoms with Crippen LogP contribution in [0.2, 0.25) is 0 Å². The summed E-state index contributed by atoms with van der Waals surface area (Å²) in [5, 5.41) is 3.23. The van der Waals surface area contributed by atoms with Gasteiger partial charge in [-0.25, -0.2) is 10.9 Å². The number of benzene rings is 2. The molecule has 0 radical (unpaired) electrons. The predicted octanol–water partition coefficient (Wildman–Crippen LogP) is 1.01. The van der Waals surface area contributed by atoms with Crippen molar-refractivity contribution in [1.29, 1.82) is 0 Å². The highest BCUT2D eigenvalue weighted by Gasteiger charge is 2.09. The van der Waals surface area contributed by atoms with E-state index in [0.29, 0.717) is 5.69 Å². The fourth-order valence-corrected chi connectivity index (χ4v) is 1.57. The minimum atomic E-state index is -0.310. The van der Waals surface area contributed by atoms with Crippen molar-refractivity contribution in [3.8, 4) is 0 Å². The lowest BCUT2D eigenvalue weighted by Gasteiger charge is -2.16. The highest BCUT2D eigenvalue weighted by molar-refractivity contribution is 5.96. The Morgan fingerprint density at radius 1 is 1.12 bits per heavy atom. The monoisotopic (exact) mass is 215 g/mol. The van der Waals surface area contributed by atoms with E-state index >= 15 is 0 Å². The average Bonchev–Trinajstić information content (AvgIpc) is 2.36. The minimum absolute atomic E-state index is 0.0939. The van der Waals surface area contributed by atoms with Crippen LogP contribution in [0.3, 0.4) is 0 Å². The molecule has 0 heterocycles. The summed E-state index contributed by atoms with van der Waals surface area (Å²) in [4.78, 5) is 11.3. The second kappa shape index (κ2) is 4.30. The van der Waals surface area contributed by atoms with Crippen molar-refractivity contribution in [2.24, 2.45) is 11.6 Å². The standard InChI is InChI=1S/C12H13N3O/c13-8-12(16)15(14)11-6-5-9-3-1-2-4-10(9)7-11/h1-7H,8,13-14H2. The van der Waals surface area contributed by atoms with Crippen LogP contribution in [0.25, 0.3) is 10.8 Å². The average molecular weight is 215 g/mol. The van der Waals surface area contributed by atoms with Gasteiger partial charge in [0.1, 0.15) is 0 Å². The van der Waals surface area contributed by atoms with Crippen LogP contribution in [0.15, 0.2) is 42.5 Å². The van der Waals surface area contributed by atoms with Gasteiger partial charge in [0.2, 0.25) is 0 Å². The lowest BCUT2D eigenvalue weighted by atomic mass is 10.1. The summed E-state index contributed by atoms with van der Waals surface area (Å²) in [5.41, 5.74) is 5.90. The molecular formula is C12H13N3O.